The highest BCUT2D eigenvalue weighted by Gasteiger charge is 2.36. The van der Waals surface area contributed by atoms with Gasteiger partial charge in [-0.1, -0.05) is 11.2 Å². The Labute approximate surface area is 186 Å². The Balaban J connectivity index is 1.48. The van der Waals surface area contributed by atoms with Crippen molar-refractivity contribution < 1.29 is 22.2 Å². The third-order valence-corrected chi connectivity index (χ3v) is 7.32. The summed E-state index contributed by atoms with van der Waals surface area (Å²) in [6.45, 7) is 2.32. The number of rotatable bonds is 7. The molecule has 10 heteroatoms. The Morgan fingerprint density at radius 1 is 1.28 bits per heavy atom. The molecule has 3 aromatic heterocycles. The largest absolute Gasteiger partial charge is 0.465 e. The van der Waals surface area contributed by atoms with Crippen molar-refractivity contribution in [3.05, 3.63) is 65.7 Å². The SMILES string of the molecule is Cc1noc(/C=C/c2ccco2)c1S(=O)(=O)N1CCC[C@H](C(=O)NCc2ccccn2)C1. The Morgan fingerprint density at radius 3 is 2.91 bits per heavy atom. The molecule has 1 N–H and O–H groups in total. The predicted molar refractivity (Wildman–Crippen MR) is 116 cm³/mol. The van der Waals surface area contributed by atoms with Gasteiger partial charge in [0.1, 0.15) is 11.5 Å². The lowest BCUT2D eigenvalue weighted by molar-refractivity contribution is -0.126. The molecule has 4 rings (SSSR count). The molecule has 4 heterocycles. The van der Waals surface area contributed by atoms with Gasteiger partial charge in [-0.3, -0.25) is 9.78 Å². The Bertz CT molecular complexity index is 1190. The van der Waals surface area contributed by atoms with Crippen LogP contribution < -0.4 is 5.32 Å². The van der Waals surface area contributed by atoms with E-state index in [1.807, 2.05) is 12.1 Å². The lowest BCUT2D eigenvalue weighted by atomic mass is 9.99. The molecule has 1 amide bonds. The van der Waals surface area contributed by atoms with E-state index < -0.39 is 15.9 Å². The molecule has 0 aromatic carbocycles. The first-order chi connectivity index (χ1) is 15.4. The number of pyridine rings is 1. The highest BCUT2D eigenvalue weighted by molar-refractivity contribution is 7.89. The summed E-state index contributed by atoms with van der Waals surface area (Å²) in [6, 6.07) is 8.95. The first-order valence-electron chi connectivity index (χ1n) is 10.3. The number of nitrogens with zero attached hydrogens (tertiary/aromatic N) is 3. The molecule has 0 bridgehead atoms. The van der Waals surface area contributed by atoms with Crippen molar-refractivity contribution in [2.24, 2.45) is 5.92 Å². The highest BCUT2D eigenvalue weighted by Crippen LogP contribution is 2.29. The Hall–Kier alpha value is -3.24. The minimum atomic E-state index is -3.90. The van der Waals surface area contributed by atoms with Crippen LogP contribution in [0.15, 0.2) is 56.6 Å². The number of aryl methyl sites for hydroxylation is 1. The fourth-order valence-electron chi connectivity index (χ4n) is 3.67. The van der Waals surface area contributed by atoms with E-state index in [0.717, 1.165) is 5.69 Å². The average Bonchev–Trinajstić information content (AvgIpc) is 3.46. The van der Waals surface area contributed by atoms with Crippen LogP contribution in [0.4, 0.5) is 0 Å². The molecule has 1 aliphatic heterocycles. The van der Waals surface area contributed by atoms with E-state index in [-0.39, 0.29) is 28.8 Å². The number of hydrogen-bond acceptors (Lipinski definition) is 7. The van der Waals surface area contributed by atoms with Crippen LogP contribution in [0, 0.1) is 12.8 Å². The molecular weight excluding hydrogens is 432 g/mol. The van der Waals surface area contributed by atoms with E-state index in [9.17, 15) is 13.2 Å². The van der Waals surface area contributed by atoms with Crippen molar-refractivity contribution in [1.82, 2.24) is 19.8 Å². The molecule has 0 unspecified atom stereocenters. The number of carbonyl (C=O) groups excluding carboxylic acids is 1. The number of aromatic nitrogens is 2. The number of carbonyl (C=O) groups is 1. The molecule has 1 atom stereocenters. The summed E-state index contributed by atoms with van der Waals surface area (Å²) in [7, 11) is -3.90. The van der Waals surface area contributed by atoms with Gasteiger partial charge >= 0.3 is 0 Å². The molecule has 9 nitrogen and oxygen atoms in total. The van der Waals surface area contributed by atoms with Gasteiger partial charge in [0.05, 0.1) is 24.4 Å². The van der Waals surface area contributed by atoms with Crippen LogP contribution in [0.5, 0.6) is 0 Å². The van der Waals surface area contributed by atoms with E-state index in [1.165, 1.54) is 16.6 Å². The van der Waals surface area contributed by atoms with Crippen LogP contribution in [0.3, 0.4) is 0 Å². The molecule has 1 fully saturated rings. The van der Waals surface area contributed by atoms with E-state index in [1.54, 1.807) is 37.4 Å². The number of hydrogen-bond donors (Lipinski definition) is 1. The maximum Gasteiger partial charge on any atom is 0.248 e. The normalized spacial score (nSPS) is 17.6. The zero-order chi connectivity index (χ0) is 22.6. The van der Waals surface area contributed by atoms with Gasteiger partial charge in [-0.25, -0.2) is 8.42 Å². The van der Waals surface area contributed by atoms with Gasteiger partial charge < -0.3 is 14.3 Å². The van der Waals surface area contributed by atoms with Gasteiger partial charge in [-0.2, -0.15) is 4.31 Å². The molecule has 1 saturated heterocycles. The Morgan fingerprint density at radius 2 is 2.16 bits per heavy atom. The van der Waals surface area contributed by atoms with E-state index >= 15 is 0 Å². The van der Waals surface area contributed by atoms with E-state index in [0.29, 0.717) is 31.7 Å². The van der Waals surface area contributed by atoms with Crippen LogP contribution in [0.1, 0.15) is 35.7 Å². The first kappa shape index (κ1) is 22.0. The number of furan rings is 1. The molecule has 168 valence electrons. The molecule has 32 heavy (non-hydrogen) atoms. The first-order valence-corrected chi connectivity index (χ1v) is 11.7. The summed E-state index contributed by atoms with van der Waals surface area (Å²) < 4.78 is 38.7. The maximum absolute atomic E-state index is 13.4. The third-order valence-electron chi connectivity index (χ3n) is 5.30. The number of nitrogens with one attached hydrogen (secondary N) is 1. The van der Waals surface area contributed by atoms with E-state index in [2.05, 4.69) is 15.5 Å². The maximum atomic E-state index is 13.4. The molecule has 3 aromatic rings. The lowest BCUT2D eigenvalue weighted by Gasteiger charge is -2.31. The zero-order valence-corrected chi connectivity index (χ0v) is 18.4. The van der Waals surface area contributed by atoms with Crippen molar-refractivity contribution in [3.63, 3.8) is 0 Å². The molecule has 0 saturated carbocycles. The number of amides is 1. The molecule has 0 spiro atoms. The van der Waals surface area contributed by atoms with Crippen molar-refractivity contribution in [2.75, 3.05) is 13.1 Å². The fourth-order valence-corrected chi connectivity index (χ4v) is 5.45. The van der Waals surface area contributed by atoms with Crippen molar-refractivity contribution in [1.29, 1.82) is 0 Å². The summed E-state index contributed by atoms with van der Waals surface area (Å²) in [4.78, 5) is 16.9. The van der Waals surface area contributed by atoms with Gasteiger partial charge in [-0.05, 0) is 56.2 Å². The number of piperidine rings is 1. The van der Waals surface area contributed by atoms with Crippen molar-refractivity contribution in [3.8, 4) is 0 Å². The van der Waals surface area contributed by atoms with Gasteiger partial charge in [0.25, 0.3) is 0 Å². The van der Waals surface area contributed by atoms with Crippen LogP contribution in [0.2, 0.25) is 0 Å². The predicted octanol–water partition coefficient (Wildman–Crippen LogP) is 2.86. The van der Waals surface area contributed by atoms with Gasteiger partial charge in [-0.15, -0.1) is 0 Å². The van der Waals surface area contributed by atoms with Gasteiger partial charge in [0.2, 0.25) is 15.9 Å². The van der Waals surface area contributed by atoms with Crippen LogP contribution in [-0.2, 0) is 21.4 Å². The second kappa shape index (κ2) is 9.49. The monoisotopic (exact) mass is 456 g/mol. The van der Waals surface area contributed by atoms with E-state index in [4.69, 9.17) is 8.94 Å². The van der Waals surface area contributed by atoms with Crippen LogP contribution in [0.25, 0.3) is 12.2 Å². The molecule has 0 radical (unpaired) electrons. The second-order valence-corrected chi connectivity index (χ2v) is 9.43. The minimum absolute atomic E-state index is 0.00912. The van der Waals surface area contributed by atoms with Gasteiger partial charge in [0.15, 0.2) is 10.7 Å². The zero-order valence-electron chi connectivity index (χ0n) is 17.6. The smallest absolute Gasteiger partial charge is 0.248 e. The molecule has 1 aliphatic rings. The summed E-state index contributed by atoms with van der Waals surface area (Å²) in [5.41, 5.74) is 1.01. The van der Waals surface area contributed by atoms with Crippen LogP contribution >= 0.6 is 0 Å². The van der Waals surface area contributed by atoms with Crippen LogP contribution in [-0.4, -0.2) is 41.9 Å². The van der Waals surface area contributed by atoms with Crippen molar-refractivity contribution >= 4 is 28.1 Å². The van der Waals surface area contributed by atoms with Crippen molar-refractivity contribution in [2.45, 2.75) is 31.2 Å². The van der Waals surface area contributed by atoms with Gasteiger partial charge in [0, 0.05) is 19.3 Å². The second-order valence-electron chi connectivity index (χ2n) is 7.55. The average molecular weight is 457 g/mol. The molecular formula is C22H24N4O5S. The third kappa shape index (κ3) is 4.81. The highest BCUT2D eigenvalue weighted by atomic mass is 32.2. The summed E-state index contributed by atoms with van der Waals surface area (Å²) in [5.74, 6) is 0.0608. The summed E-state index contributed by atoms with van der Waals surface area (Å²) in [5, 5.41) is 6.70. The Kier molecular flexibility index (Phi) is 6.52. The number of sulfonamides is 1. The fraction of sp³-hybridized carbons (Fsp3) is 0.318. The minimum Gasteiger partial charge on any atom is -0.465 e. The topological polar surface area (TPSA) is 119 Å². The summed E-state index contributed by atoms with van der Waals surface area (Å²) in [6.07, 6.45) is 7.53. The summed E-state index contributed by atoms with van der Waals surface area (Å²) >= 11 is 0. The standard InChI is InChI=1S/C22H24N4O5S/c1-16-21(20(31-25-16)10-9-19-8-5-13-30-19)32(28,29)26-12-4-6-17(15-26)22(27)24-14-18-7-2-3-11-23-18/h2-3,5,7-11,13,17H,4,6,12,14-15H2,1H3,(H,24,27)/b10-9+/t17-/m0/s1. The molecule has 0 aliphatic carbocycles. The lowest BCUT2D eigenvalue weighted by Crippen LogP contribution is -2.45. The quantitative estimate of drug-likeness (QED) is 0.581.